The molecule has 0 aliphatic rings. The number of alkyl halides is 3. The fraction of sp³-hybridized carbons (Fsp3) is 0.333. The maximum absolute atomic E-state index is 13.7. The number of nitrogens with one attached hydrogen (secondary N) is 1. The average molecular weight is 410 g/mol. The fourth-order valence-corrected chi connectivity index (χ4v) is 2.64. The summed E-state index contributed by atoms with van der Waals surface area (Å²) in [5.74, 6) is -1.52. The van der Waals surface area contributed by atoms with Gasteiger partial charge < -0.3 is 0 Å². The molecule has 3 aromatic rings. The zero-order valence-corrected chi connectivity index (χ0v) is 15.6. The van der Waals surface area contributed by atoms with Crippen molar-refractivity contribution in [3.63, 3.8) is 0 Å². The molecule has 0 saturated heterocycles. The zero-order valence-electron chi connectivity index (χ0n) is 15.6. The van der Waals surface area contributed by atoms with Crippen LogP contribution in [0.3, 0.4) is 0 Å². The number of hydrogen-bond acceptors (Lipinski definition) is 4. The summed E-state index contributed by atoms with van der Waals surface area (Å²) in [6.07, 6.45) is -3.20. The van der Waals surface area contributed by atoms with Crippen LogP contribution in [0, 0.1) is 18.7 Å². The second kappa shape index (κ2) is 8.02. The van der Waals surface area contributed by atoms with E-state index in [0.717, 1.165) is 10.7 Å². The average Bonchev–Trinajstić information content (AvgIpc) is 3.23. The van der Waals surface area contributed by atoms with Gasteiger partial charge in [-0.15, -0.1) is 5.10 Å². The van der Waals surface area contributed by atoms with Gasteiger partial charge in [0.2, 0.25) is 11.9 Å². The number of rotatable bonds is 6. The summed E-state index contributed by atoms with van der Waals surface area (Å²) in [5, 5.41) is 10.1. The SMILES string of the molecule is Cc1cc(C(F)(F)F)nn1CC(C)C(=O)Nc1ncn(Cc2ccccc2F)n1. The van der Waals surface area contributed by atoms with Crippen molar-refractivity contribution in [1.29, 1.82) is 0 Å². The number of amides is 1. The van der Waals surface area contributed by atoms with Crippen LogP contribution >= 0.6 is 0 Å². The number of aryl methyl sites for hydroxylation is 1. The molecule has 11 heteroatoms. The molecule has 2 aromatic heterocycles. The lowest BCUT2D eigenvalue weighted by Crippen LogP contribution is -2.26. The highest BCUT2D eigenvalue weighted by molar-refractivity contribution is 5.90. The van der Waals surface area contributed by atoms with E-state index in [0.29, 0.717) is 11.3 Å². The maximum Gasteiger partial charge on any atom is 0.435 e. The lowest BCUT2D eigenvalue weighted by molar-refractivity contribution is -0.141. The van der Waals surface area contributed by atoms with E-state index in [-0.39, 0.29) is 24.9 Å². The molecule has 1 amide bonds. The molecule has 0 radical (unpaired) electrons. The van der Waals surface area contributed by atoms with Crippen LogP contribution in [0.25, 0.3) is 0 Å². The van der Waals surface area contributed by atoms with E-state index in [1.165, 1.54) is 24.0 Å². The maximum atomic E-state index is 13.7. The second-order valence-electron chi connectivity index (χ2n) is 6.60. The van der Waals surface area contributed by atoms with Gasteiger partial charge in [-0.1, -0.05) is 25.1 Å². The molecule has 2 heterocycles. The summed E-state index contributed by atoms with van der Waals surface area (Å²) >= 11 is 0. The Morgan fingerprint density at radius 3 is 2.62 bits per heavy atom. The molecule has 0 saturated carbocycles. The van der Waals surface area contributed by atoms with E-state index in [1.807, 2.05) is 0 Å². The van der Waals surface area contributed by atoms with E-state index in [9.17, 15) is 22.4 Å². The minimum atomic E-state index is -4.55. The highest BCUT2D eigenvalue weighted by Crippen LogP contribution is 2.28. The Morgan fingerprint density at radius 2 is 1.97 bits per heavy atom. The van der Waals surface area contributed by atoms with Gasteiger partial charge in [-0.3, -0.25) is 14.8 Å². The van der Waals surface area contributed by atoms with E-state index in [2.05, 4.69) is 20.5 Å². The van der Waals surface area contributed by atoms with Gasteiger partial charge in [0.1, 0.15) is 12.1 Å². The van der Waals surface area contributed by atoms with Gasteiger partial charge in [-0.25, -0.2) is 14.1 Å². The summed E-state index contributed by atoms with van der Waals surface area (Å²) in [6, 6.07) is 7.14. The summed E-state index contributed by atoms with van der Waals surface area (Å²) in [7, 11) is 0. The fourth-order valence-electron chi connectivity index (χ4n) is 2.64. The first-order valence-electron chi connectivity index (χ1n) is 8.69. The standard InChI is InChI=1S/C18H18F4N6O/c1-11(8-28-12(2)7-15(25-28)18(20,21)22)16(29)24-17-23-10-27(26-17)9-13-5-3-4-6-14(13)19/h3-7,10-11H,8-9H2,1-2H3,(H,24,26,29). The molecule has 0 aliphatic carbocycles. The topological polar surface area (TPSA) is 77.6 Å². The van der Waals surface area contributed by atoms with E-state index in [4.69, 9.17) is 0 Å². The molecule has 154 valence electrons. The Morgan fingerprint density at radius 1 is 1.24 bits per heavy atom. The highest BCUT2D eigenvalue weighted by Gasteiger charge is 2.34. The normalized spacial score (nSPS) is 12.8. The van der Waals surface area contributed by atoms with Crippen molar-refractivity contribution in [3.05, 3.63) is 59.4 Å². The molecular weight excluding hydrogens is 392 g/mol. The van der Waals surface area contributed by atoms with Gasteiger partial charge in [0, 0.05) is 11.3 Å². The molecule has 1 N–H and O–H groups in total. The second-order valence-corrected chi connectivity index (χ2v) is 6.60. The molecular formula is C18H18F4N6O. The van der Waals surface area contributed by atoms with Crippen molar-refractivity contribution < 1.29 is 22.4 Å². The van der Waals surface area contributed by atoms with Crippen LogP contribution in [-0.4, -0.2) is 30.5 Å². The minimum Gasteiger partial charge on any atom is -0.293 e. The molecule has 29 heavy (non-hydrogen) atoms. The molecule has 3 rings (SSSR count). The number of nitrogens with zero attached hydrogens (tertiary/aromatic N) is 5. The lowest BCUT2D eigenvalue weighted by atomic mass is 10.1. The molecule has 0 spiro atoms. The molecule has 0 bridgehead atoms. The van der Waals surface area contributed by atoms with Crippen molar-refractivity contribution in [2.75, 3.05) is 5.32 Å². The number of hydrogen-bond donors (Lipinski definition) is 1. The van der Waals surface area contributed by atoms with Crippen LogP contribution in [0.2, 0.25) is 0 Å². The Kier molecular flexibility index (Phi) is 5.66. The van der Waals surface area contributed by atoms with Gasteiger partial charge in [-0.05, 0) is 19.1 Å². The first-order valence-corrected chi connectivity index (χ1v) is 8.69. The molecule has 1 atom stereocenters. The number of benzene rings is 1. The third-order valence-electron chi connectivity index (χ3n) is 4.23. The molecule has 7 nitrogen and oxygen atoms in total. The first-order chi connectivity index (χ1) is 13.6. The Bertz CT molecular complexity index is 1010. The number of anilines is 1. The quantitative estimate of drug-likeness (QED) is 0.633. The summed E-state index contributed by atoms with van der Waals surface area (Å²) in [4.78, 5) is 16.3. The number of aromatic nitrogens is 5. The minimum absolute atomic E-state index is 0.0198. The monoisotopic (exact) mass is 410 g/mol. The predicted molar refractivity (Wildman–Crippen MR) is 95.3 cm³/mol. The Balaban J connectivity index is 1.61. The van der Waals surface area contributed by atoms with Crippen LogP contribution in [0.4, 0.5) is 23.5 Å². The lowest BCUT2D eigenvalue weighted by Gasteiger charge is -2.12. The molecule has 1 aromatic carbocycles. The van der Waals surface area contributed by atoms with Crippen molar-refractivity contribution >= 4 is 11.9 Å². The van der Waals surface area contributed by atoms with Crippen LogP contribution in [0.15, 0.2) is 36.7 Å². The van der Waals surface area contributed by atoms with Crippen LogP contribution in [0.1, 0.15) is 23.9 Å². The third-order valence-corrected chi connectivity index (χ3v) is 4.23. The first kappa shape index (κ1) is 20.5. The molecule has 1 unspecified atom stereocenters. The smallest absolute Gasteiger partial charge is 0.293 e. The summed E-state index contributed by atoms with van der Waals surface area (Å²) < 4.78 is 54.5. The zero-order chi connectivity index (χ0) is 21.2. The largest absolute Gasteiger partial charge is 0.435 e. The van der Waals surface area contributed by atoms with Crippen LogP contribution in [0.5, 0.6) is 0 Å². The van der Waals surface area contributed by atoms with Crippen molar-refractivity contribution in [3.8, 4) is 0 Å². The Hall–Kier alpha value is -3.24. The van der Waals surface area contributed by atoms with Gasteiger partial charge in [0.05, 0.1) is 19.0 Å². The van der Waals surface area contributed by atoms with Gasteiger partial charge in [0.25, 0.3) is 0 Å². The van der Waals surface area contributed by atoms with Crippen molar-refractivity contribution in [1.82, 2.24) is 24.5 Å². The van der Waals surface area contributed by atoms with Gasteiger partial charge in [-0.2, -0.15) is 18.3 Å². The summed E-state index contributed by atoms with van der Waals surface area (Å²) in [6.45, 7) is 3.14. The molecule has 0 fully saturated rings. The number of carbonyl (C=O) groups excluding carboxylic acids is 1. The van der Waals surface area contributed by atoms with Gasteiger partial charge >= 0.3 is 6.18 Å². The third kappa shape index (κ3) is 4.98. The number of carbonyl (C=O) groups is 1. The highest BCUT2D eigenvalue weighted by atomic mass is 19.4. The number of halogens is 4. The van der Waals surface area contributed by atoms with E-state index in [1.54, 1.807) is 25.1 Å². The van der Waals surface area contributed by atoms with Crippen LogP contribution < -0.4 is 5.32 Å². The summed E-state index contributed by atoms with van der Waals surface area (Å²) in [5.41, 5.74) is -0.293. The Labute approximate surface area is 163 Å². The van der Waals surface area contributed by atoms with E-state index >= 15 is 0 Å². The predicted octanol–water partition coefficient (Wildman–Crippen LogP) is 3.26. The van der Waals surface area contributed by atoms with Crippen LogP contribution in [-0.2, 0) is 24.1 Å². The van der Waals surface area contributed by atoms with Gasteiger partial charge in [0.15, 0.2) is 5.69 Å². The molecule has 0 aliphatic heterocycles. The van der Waals surface area contributed by atoms with E-state index < -0.39 is 23.7 Å². The van der Waals surface area contributed by atoms with Crippen molar-refractivity contribution in [2.24, 2.45) is 5.92 Å². The van der Waals surface area contributed by atoms with Crippen molar-refractivity contribution in [2.45, 2.75) is 33.1 Å².